The van der Waals surface area contributed by atoms with Gasteiger partial charge in [0.15, 0.2) is 0 Å². The molecule has 0 radical (unpaired) electrons. The first-order valence-corrected chi connectivity index (χ1v) is 5.33. The smallest absolute Gasteiger partial charge is 0.308 e. The standard InChI is InChI=1S/C13H18O2/c1-5-9(2)12-6-7-13(10(3)8-12)15-11(4)14/h6-9H,5H2,1-4H3. The normalized spacial score (nSPS) is 12.3. The first-order valence-electron chi connectivity index (χ1n) is 5.33. The summed E-state index contributed by atoms with van der Waals surface area (Å²) in [6.07, 6.45) is 1.12. The Morgan fingerprint density at radius 2 is 2.13 bits per heavy atom. The Kier molecular flexibility index (Phi) is 3.89. The third kappa shape index (κ3) is 3.08. The SMILES string of the molecule is CCC(C)c1ccc(OC(C)=O)c(C)c1. The second-order valence-corrected chi connectivity index (χ2v) is 3.93. The molecule has 0 bridgehead atoms. The molecule has 1 aromatic rings. The van der Waals surface area contributed by atoms with Gasteiger partial charge in [-0.25, -0.2) is 0 Å². The minimum Gasteiger partial charge on any atom is -0.426 e. The molecule has 0 amide bonds. The Balaban J connectivity index is 2.92. The molecule has 0 saturated heterocycles. The number of carbonyl (C=O) groups is 1. The first-order chi connectivity index (χ1) is 7.04. The molecule has 0 heterocycles. The Hall–Kier alpha value is -1.31. The zero-order valence-corrected chi connectivity index (χ0v) is 9.83. The minimum atomic E-state index is -0.269. The van der Waals surface area contributed by atoms with Crippen LogP contribution in [0.15, 0.2) is 18.2 Å². The van der Waals surface area contributed by atoms with Crippen LogP contribution in [-0.4, -0.2) is 5.97 Å². The van der Waals surface area contributed by atoms with E-state index in [1.54, 1.807) is 0 Å². The van der Waals surface area contributed by atoms with Gasteiger partial charge in [-0.15, -0.1) is 0 Å². The predicted octanol–water partition coefficient (Wildman–Crippen LogP) is 3.43. The van der Waals surface area contributed by atoms with Crippen LogP contribution in [0.1, 0.15) is 44.2 Å². The van der Waals surface area contributed by atoms with Gasteiger partial charge >= 0.3 is 5.97 Å². The van der Waals surface area contributed by atoms with Crippen molar-refractivity contribution < 1.29 is 9.53 Å². The molecule has 1 aromatic carbocycles. The largest absolute Gasteiger partial charge is 0.426 e. The maximum absolute atomic E-state index is 10.8. The highest BCUT2D eigenvalue weighted by molar-refractivity contribution is 5.69. The molecule has 0 aromatic heterocycles. The lowest BCUT2D eigenvalue weighted by molar-refractivity contribution is -0.131. The van der Waals surface area contributed by atoms with Crippen molar-refractivity contribution in [3.05, 3.63) is 29.3 Å². The molecule has 0 fully saturated rings. The lowest BCUT2D eigenvalue weighted by Crippen LogP contribution is -2.03. The highest BCUT2D eigenvalue weighted by atomic mass is 16.5. The summed E-state index contributed by atoms with van der Waals surface area (Å²) in [6.45, 7) is 7.74. The fraction of sp³-hybridized carbons (Fsp3) is 0.462. The van der Waals surface area contributed by atoms with Gasteiger partial charge in [-0.05, 0) is 36.5 Å². The van der Waals surface area contributed by atoms with Gasteiger partial charge in [-0.3, -0.25) is 4.79 Å². The Bertz CT molecular complexity index is 356. The zero-order valence-electron chi connectivity index (χ0n) is 9.83. The number of esters is 1. The van der Waals surface area contributed by atoms with E-state index >= 15 is 0 Å². The van der Waals surface area contributed by atoms with Gasteiger partial charge in [0.05, 0.1) is 0 Å². The van der Waals surface area contributed by atoms with Crippen LogP contribution in [0.3, 0.4) is 0 Å². The van der Waals surface area contributed by atoms with Crippen molar-refractivity contribution in [2.45, 2.75) is 40.0 Å². The monoisotopic (exact) mass is 206 g/mol. The summed E-state index contributed by atoms with van der Waals surface area (Å²) in [5, 5.41) is 0. The van der Waals surface area contributed by atoms with Crippen LogP contribution in [0.2, 0.25) is 0 Å². The Labute approximate surface area is 91.3 Å². The van der Waals surface area contributed by atoms with Crippen LogP contribution in [-0.2, 0) is 4.79 Å². The van der Waals surface area contributed by atoms with Gasteiger partial charge in [0.25, 0.3) is 0 Å². The first kappa shape index (κ1) is 11.8. The molecule has 2 nitrogen and oxygen atoms in total. The number of rotatable bonds is 3. The van der Waals surface area contributed by atoms with Crippen molar-refractivity contribution >= 4 is 5.97 Å². The van der Waals surface area contributed by atoms with Crippen LogP contribution in [0.4, 0.5) is 0 Å². The summed E-state index contributed by atoms with van der Waals surface area (Å²) in [6, 6.07) is 5.99. The maximum atomic E-state index is 10.8. The van der Waals surface area contributed by atoms with Gasteiger partial charge in [0.2, 0.25) is 0 Å². The molecule has 0 N–H and O–H groups in total. The van der Waals surface area contributed by atoms with E-state index < -0.39 is 0 Å². The fourth-order valence-corrected chi connectivity index (χ4v) is 1.48. The molecule has 1 atom stereocenters. The Morgan fingerprint density at radius 1 is 1.47 bits per heavy atom. The van der Waals surface area contributed by atoms with Gasteiger partial charge in [-0.2, -0.15) is 0 Å². The summed E-state index contributed by atoms with van der Waals surface area (Å²) < 4.78 is 5.07. The van der Waals surface area contributed by atoms with Gasteiger partial charge in [0.1, 0.15) is 5.75 Å². The molecule has 0 aliphatic rings. The molecule has 0 aliphatic carbocycles. The zero-order chi connectivity index (χ0) is 11.4. The van der Waals surface area contributed by atoms with Gasteiger partial charge in [-0.1, -0.05) is 26.0 Å². The quantitative estimate of drug-likeness (QED) is 0.559. The lowest BCUT2D eigenvalue weighted by atomic mass is 9.97. The average Bonchev–Trinajstić information content (AvgIpc) is 2.19. The summed E-state index contributed by atoms with van der Waals surface area (Å²) in [5.74, 6) is 0.944. The van der Waals surface area contributed by atoms with Gasteiger partial charge in [0, 0.05) is 6.92 Å². The van der Waals surface area contributed by atoms with E-state index in [0.29, 0.717) is 11.7 Å². The van der Waals surface area contributed by atoms with Crippen molar-refractivity contribution in [2.75, 3.05) is 0 Å². The van der Waals surface area contributed by atoms with E-state index in [0.717, 1.165) is 12.0 Å². The maximum Gasteiger partial charge on any atom is 0.308 e. The van der Waals surface area contributed by atoms with E-state index in [4.69, 9.17) is 4.74 Å². The lowest BCUT2D eigenvalue weighted by Gasteiger charge is -2.12. The number of hydrogen-bond donors (Lipinski definition) is 0. The summed E-state index contributed by atoms with van der Waals surface area (Å²) in [5.41, 5.74) is 2.31. The molecule has 1 rings (SSSR count). The molecule has 1 unspecified atom stereocenters. The second-order valence-electron chi connectivity index (χ2n) is 3.93. The minimum absolute atomic E-state index is 0.269. The molecule has 0 aliphatic heterocycles. The second kappa shape index (κ2) is 4.96. The highest BCUT2D eigenvalue weighted by Crippen LogP contribution is 2.25. The number of aryl methyl sites for hydroxylation is 1. The fourth-order valence-electron chi connectivity index (χ4n) is 1.48. The van der Waals surface area contributed by atoms with Crippen molar-refractivity contribution in [1.29, 1.82) is 0 Å². The summed E-state index contributed by atoms with van der Waals surface area (Å²) in [4.78, 5) is 10.8. The average molecular weight is 206 g/mol. The summed E-state index contributed by atoms with van der Waals surface area (Å²) in [7, 11) is 0. The highest BCUT2D eigenvalue weighted by Gasteiger charge is 2.07. The molecule has 0 saturated carbocycles. The molecular weight excluding hydrogens is 188 g/mol. The molecule has 0 spiro atoms. The third-order valence-corrected chi connectivity index (χ3v) is 2.63. The number of benzene rings is 1. The van der Waals surface area contributed by atoms with Crippen molar-refractivity contribution in [1.82, 2.24) is 0 Å². The van der Waals surface area contributed by atoms with Crippen LogP contribution in [0, 0.1) is 6.92 Å². The number of carbonyl (C=O) groups excluding carboxylic acids is 1. The topological polar surface area (TPSA) is 26.3 Å². The van der Waals surface area contributed by atoms with Crippen LogP contribution >= 0.6 is 0 Å². The van der Waals surface area contributed by atoms with Crippen LogP contribution in [0.5, 0.6) is 5.75 Å². The number of hydrogen-bond acceptors (Lipinski definition) is 2. The van der Waals surface area contributed by atoms with E-state index in [9.17, 15) is 4.79 Å². The molecule has 2 heteroatoms. The molecule has 15 heavy (non-hydrogen) atoms. The van der Waals surface area contributed by atoms with E-state index in [2.05, 4.69) is 19.9 Å². The van der Waals surface area contributed by atoms with Crippen LogP contribution < -0.4 is 4.74 Å². The van der Waals surface area contributed by atoms with E-state index in [1.165, 1.54) is 12.5 Å². The van der Waals surface area contributed by atoms with Crippen molar-refractivity contribution in [3.63, 3.8) is 0 Å². The summed E-state index contributed by atoms with van der Waals surface area (Å²) >= 11 is 0. The van der Waals surface area contributed by atoms with Gasteiger partial charge < -0.3 is 4.74 Å². The predicted molar refractivity (Wildman–Crippen MR) is 61.2 cm³/mol. The molecule has 82 valence electrons. The number of ether oxygens (including phenoxy) is 1. The van der Waals surface area contributed by atoms with E-state index in [1.807, 2.05) is 19.1 Å². The Morgan fingerprint density at radius 3 is 2.60 bits per heavy atom. The third-order valence-electron chi connectivity index (χ3n) is 2.63. The molecular formula is C13H18O2. The van der Waals surface area contributed by atoms with Crippen molar-refractivity contribution in [2.24, 2.45) is 0 Å². The van der Waals surface area contributed by atoms with Crippen molar-refractivity contribution in [3.8, 4) is 5.75 Å². The van der Waals surface area contributed by atoms with Crippen LogP contribution in [0.25, 0.3) is 0 Å². The van der Waals surface area contributed by atoms with E-state index in [-0.39, 0.29) is 5.97 Å².